The number of nitrogens with zero attached hydrogens (tertiary/aromatic N) is 6. The number of nitrogens with one attached hydrogen (secondary N) is 2. The van der Waals surface area contributed by atoms with Crippen molar-refractivity contribution >= 4 is 22.8 Å². The van der Waals surface area contributed by atoms with Gasteiger partial charge >= 0.3 is 0 Å². The number of benzene rings is 1. The number of imidazole rings is 1. The summed E-state index contributed by atoms with van der Waals surface area (Å²) in [5.41, 5.74) is 2.99. The molecular formula is C26H26F2N8. The van der Waals surface area contributed by atoms with Crippen LogP contribution in [-0.2, 0) is 13.0 Å². The van der Waals surface area contributed by atoms with Crippen molar-refractivity contribution in [2.24, 2.45) is 5.41 Å². The van der Waals surface area contributed by atoms with Gasteiger partial charge in [-0.15, -0.1) is 0 Å². The topological polar surface area (TPSA) is 83.8 Å². The molecule has 3 aliphatic heterocycles. The number of aromatic nitrogens is 5. The van der Waals surface area contributed by atoms with E-state index in [1.807, 2.05) is 22.9 Å². The predicted molar refractivity (Wildman–Crippen MR) is 132 cm³/mol. The van der Waals surface area contributed by atoms with Crippen molar-refractivity contribution < 1.29 is 8.78 Å². The van der Waals surface area contributed by atoms with E-state index in [4.69, 9.17) is 0 Å². The number of hydrogen-bond donors (Lipinski definition) is 2. The van der Waals surface area contributed by atoms with Crippen LogP contribution in [0.1, 0.15) is 30.8 Å². The number of aryl methyl sites for hydroxylation is 1. The molecule has 0 radical (unpaired) electrons. The molecule has 2 N–H and O–H groups in total. The fourth-order valence-corrected chi connectivity index (χ4v) is 5.78. The summed E-state index contributed by atoms with van der Waals surface area (Å²) in [4.78, 5) is 19.8. The van der Waals surface area contributed by atoms with Crippen molar-refractivity contribution in [2.75, 3.05) is 31.5 Å². The van der Waals surface area contributed by atoms with Crippen molar-refractivity contribution in [3.8, 4) is 11.3 Å². The Hall–Kier alpha value is -3.50. The third kappa shape index (κ3) is 3.55. The Kier molecular flexibility index (Phi) is 4.84. The van der Waals surface area contributed by atoms with Crippen LogP contribution in [0, 0.1) is 17.0 Å². The molecule has 3 aliphatic rings. The van der Waals surface area contributed by atoms with Gasteiger partial charge in [-0.1, -0.05) is 6.07 Å². The first-order valence-corrected chi connectivity index (χ1v) is 12.3. The van der Waals surface area contributed by atoms with E-state index in [1.54, 1.807) is 6.07 Å². The largest absolute Gasteiger partial charge is 0.325 e. The highest BCUT2D eigenvalue weighted by molar-refractivity contribution is 5.83. The lowest BCUT2D eigenvalue weighted by molar-refractivity contribution is -0.0444. The van der Waals surface area contributed by atoms with Gasteiger partial charge in [-0.3, -0.25) is 4.90 Å². The molecule has 2 fully saturated rings. The summed E-state index contributed by atoms with van der Waals surface area (Å²) < 4.78 is 31.8. The second-order valence-electron chi connectivity index (χ2n) is 10.4. The molecule has 6 heterocycles. The molecular weight excluding hydrogens is 462 g/mol. The zero-order valence-electron chi connectivity index (χ0n) is 19.9. The lowest BCUT2D eigenvalue weighted by Crippen LogP contribution is -2.70. The fraction of sp³-hybridized carbons (Fsp3) is 0.385. The smallest absolute Gasteiger partial charge is 0.229 e. The number of anilines is 2. The van der Waals surface area contributed by atoms with Crippen molar-refractivity contribution in [1.82, 2.24) is 34.7 Å². The van der Waals surface area contributed by atoms with Crippen LogP contribution in [-0.4, -0.2) is 55.6 Å². The standard InChI is InChI=1S/C26H26F2N8/c1-15-2-5-22-33-24-18(27)6-17(7-20(24)36(15)22)23-19(28)9-31-25(34-23)32-21-4-3-16(8-30-21)10-35-13-26(14-35)11-29-12-26/h3-4,6-9,15,29H,2,5,10-14H2,1H3,(H,30,31,32,34)/t15-/m1/s1. The maximum absolute atomic E-state index is 14.9. The van der Waals surface area contributed by atoms with E-state index in [0.717, 1.165) is 63.2 Å². The molecule has 10 heteroatoms. The maximum atomic E-state index is 14.9. The summed E-state index contributed by atoms with van der Waals surface area (Å²) in [6, 6.07) is 7.16. The summed E-state index contributed by atoms with van der Waals surface area (Å²) in [6.45, 7) is 7.44. The van der Waals surface area contributed by atoms with Gasteiger partial charge in [-0.05, 0) is 37.1 Å². The highest BCUT2D eigenvalue weighted by atomic mass is 19.1. The van der Waals surface area contributed by atoms with Crippen LogP contribution in [0.2, 0.25) is 0 Å². The number of hydrogen-bond acceptors (Lipinski definition) is 7. The number of pyridine rings is 1. The lowest BCUT2D eigenvalue weighted by Gasteiger charge is -2.56. The number of halogens is 2. The van der Waals surface area contributed by atoms with E-state index in [-0.39, 0.29) is 17.7 Å². The van der Waals surface area contributed by atoms with Crippen LogP contribution in [0.4, 0.5) is 20.5 Å². The van der Waals surface area contributed by atoms with E-state index >= 15 is 0 Å². The molecule has 36 heavy (non-hydrogen) atoms. The first kappa shape index (κ1) is 21.8. The van der Waals surface area contributed by atoms with Crippen LogP contribution >= 0.6 is 0 Å². The zero-order valence-corrected chi connectivity index (χ0v) is 19.9. The Balaban J connectivity index is 1.12. The molecule has 0 unspecified atom stereocenters. The highest BCUT2D eigenvalue weighted by Crippen LogP contribution is 2.36. The van der Waals surface area contributed by atoms with Gasteiger partial charge in [0.1, 0.15) is 22.9 Å². The Morgan fingerprint density at radius 1 is 1.08 bits per heavy atom. The van der Waals surface area contributed by atoms with Crippen molar-refractivity contribution in [3.63, 3.8) is 0 Å². The van der Waals surface area contributed by atoms with E-state index in [2.05, 4.69) is 42.4 Å². The Morgan fingerprint density at radius 2 is 1.94 bits per heavy atom. The third-order valence-corrected chi connectivity index (χ3v) is 7.65. The summed E-state index contributed by atoms with van der Waals surface area (Å²) in [5.74, 6) is 0.515. The molecule has 0 amide bonds. The van der Waals surface area contributed by atoms with Gasteiger partial charge in [-0.2, -0.15) is 0 Å². The predicted octanol–water partition coefficient (Wildman–Crippen LogP) is 3.82. The molecule has 3 aromatic heterocycles. The summed E-state index contributed by atoms with van der Waals surface area (Å²) in [5, 5.41) is 6.40. The van der Waals surface area contributed by atoms with Crippen molar-refractivity contribution in [3.05, 3.63) is 59.7 Å². The molecule has 184 valence electrons. The van der Waals surface area contributed by atoms with Gasteiger partial charge in [0.05, 0.1) is 11.7 Å². The third-order valence-electron chi connectivity index (χ3n) is 7.65. The normalized spacial score (nSPS) is 20.4. The summed E-state index contributed by atoms with van der Waals surface area (Å²) in [6.07, 6.45) is 4.70. The Morgan fingerprint density at radius 3 is 2.69 bits per heavy atom. The maximum Gasteiger partial charge on any atom is 0.229 e. The minimum Gasteiger partial charge on any atom is -0.325 e. The summed E-state index contributed by atoms with van der Waals surface area (Å²) in [7, 11) is 0. The van der Waals surface area contributed by atoms with Gasteiger partial charge < -0.3 is 15.2 Å². The van der Waals surface area contributed by atoms with E-state index in [9.17, 15) is 8.78 Å². The second-order valence-corrected chi connectivity index (χ2v) is 10.4. The average molecular weight is 489 g/mol. The summed E-state index contributed by atoms with van der Waals surface area (Å²) >= 11 is 0. The quantitative estimate of drug-likeness (QED) is 0.442. The highest BCUT2D eigenvalue weighted by Gasteiger charge is 2.47. The monoisotopic (exact) mass is 488 g/mol. The lowest BCUT2D eigenvalue weighted by atomic mass is 9.74. The number of fused-ring (bicyclic) bond motifs is 3. The van der Waals surface area contributed by atoms with Gasteiger partial charge in [0.15, 0.2) is 11.6 Å². The molecule has 8 nitrogen and oxygen atoms in total. The molecule has 0 bridgehead atoms. The van der Waals surface area contributed by atoms with Crippen LogP contribution in [0.5, 0.6) is 0 Å². The minimum atomic E-state index is -0.620. The van der Waals surface area contributed by atoms with Gasteiger partial charge in [0, 0.05) is 62.4 Å². The van der Waals surface area contributed by atoms with Crippen LogP contribution in [0.15, 0.2) is 36.7 Å². The molecule has 1 aromatic carbocycles. The van der Waals surface area contributed by atoms with Crippen LogP contribution < -0.4 is 10.6 Å². The number of likely N-dealkylation sites (tertiary alicyclic amines) is 1. The van der Waals surface area contributed by atoms with E-state index in [1.165, 1.54) is 6.07 Å². The van der Waals surface area contributed by atoms with E-state index in [0.29, 0.717) is 27.8 Å². The van der Waals surface area contributed by atoms with Crippen LogP contribution in [0.25, 0.3) is 22.3 Å². The average Bonchev–Trinajstić information content (AvgIpc) is 3.37. The van der Waals surface area contributed by atoms with Gasteiger partial charge in [0.2, 0.25) is 5.95 Å². The molecule has 4 aromatic rings. The van der Waals surface area contributed by atoms with Crippen molar-refractivity contribution in [2.45, 2.75) is 32.4 Å². The Labute approximate surface area is 206 Å². The second kappa shape index (κ2) is 8.01. The first-order valence-electron chi connectivity index (χ1n) is 12.3. The minimum absolute atomic E-state index is 0.0308. The SMILES string of the molecule is C[C@@H]1CCc2nc3c(F)cc(-c4nc(Nc5ccc(CN6CC7(CNC7)C6)cn5)ncc4F)cc3n21. The molecule has 7 rings (SSSR count). The molecule has 1 atom stereocenters. The Bertz CT molecular complexity index is 1470. The first-order chi connectivity index (χ1) is 17.5. The molecule has 2 saturated heterocycles. The van der Waals surface area contributed by atoms with Gasteiger partial charge in [0.25, 0.3) is 0 Å². The zero-order chi connectivity index (χ0) is 24.4. The fourth-order valence-electron chi connectivity index (χ4n) is 5.78. The molecule has 0 aliphatic carbocycles. The van der Waals surface area contributed by atoms with E-state index < -0.39 is 11.6 Å². The molecule has 1 spiro atoms. The van der Waals surface area contributed by atoms with Crippen molar-refractivity contribution in [1.29, 1.82) is 0 Å². The van der Waals surface area contributed by atoms with Crippen LogP contribution in [0.3, 0.4) is 0 Å². The molecule has 0 saturated carbocycles. The number of rotatable bonds is 5. The van der Waals surface area contributed by atoms with Gasteiger partial charge in [-0.25, -0.2) is 28.7 Å².